The Morgan fingerprint density at radius 3 is 1.87 bits per heavy atom. The molecule has 0 aromatic heterocycles. The summed E-state index contributed by atoms with van der Waals surface area (Å²) in [5.41, 5.74) is -2.64. The molecule has 2 aliphatic heterocycles. The molecule has 10 atom stereocenters. The number of hydrogen-bond donors (Lipinski definition) is 9. The summed E-state index contributed by atoms with van der Waals surface area (Å²) in [6, 6.07) is 0. The maximum atomic E-state index is 10.7. The summed E-state index contributed by atoms with van der Waals surface area (Å²) in [5.74, 6) is 0. The van der Waals surface area contributed by atoms with E-state index in [1.807, 2.05) is 0 Å². The van der Waals surface area contributed by atoms with Crippen molar-refractivity contribution in [1.29, 1.82) is 0 Å². The molecule has 2 aliphatic rings. The van der Waals surface area contributed by atoms with E-state index in [0.717, 1.165) is 0 Å². The molecule has 0 aromatic rings. The quantitative estimate of drug-likeness (QED) is 0.236. The lowest BCUT2D eigenvalue weighted by molar-refractivity contribution is -0.367. The van der Waals surface area contributed by atoms with Gasteiger partial charge < -0.3 is 55.4 Å². The molecule has 0 spiro atoms. The van der Waals surface area contributed by atoms with Crippen LogP contribution >= 0.6 is 0 Å². The second kappa shape index (κ2) is 6.82. The number of aliphatic hydroxyl groups is 9. The van der Waals surface area contributed by atoms with Crippen molar-refractivity contribution in [3.05, 3.63) is 0 Å². The highest BCUT2D eigenvalue weighted by Gasteiger charge is 2.63. The maximum absolute atomic E-state index is 10.7. The fourth-order valence-electron chi connectivity index (χ4n) is 3.00. The molecule has 136 valence electrons. The molecule has 9 N–H and O–H groups in total. The molecule has 2 saturated heterocycles. The maximum Gasteiger partial charge on any atom is 0.184 e. The van der Waals surface area contributed by atoms with E-state index in [2.05, 4.69) is 0 Å². The lowest BCUT2D eigenvalue weighted by Gasteiger charge is -2.54. The van der Waals surface area contributed by atoms with Crippen LogP contribution in [0.1, 0.15) is 0 Å². The summed E-state index contributed by atoms with van der Waals surface area (Å²) < 4.78 is 9.97. The largest absolute Gasteiger partial charge is 0.394 e. The van der Waals surface area contributed by atoms with Gasteiger partial charge in [0.1, 0.15) is 48.8 Å². The lowest BCUT2D eigenvalue weighted by Crippen LogP contribution is -2.77. The smallest absolute Gasteiger partial charge is 0.184 e. The first-order valence-corrected chi connectivity index (χ1v) is 7.03. The lowest BCUT2D eigenvalue weighted by atomic mass is 9.75. The van der Waals surface area contributed by atoms with Gasteiger partial charge in [-0.3, -0.25) is 0 Å². The first-order valence-electron chi connectivity index (χ1n) is 7.03. The summed E-state index contributed by atoms with van der Waals surface area (Å²) in [4.78, 5) is 0. The van der Waals surface area contributed by atoms with E-state index in [-0.39, 0.29) is 0 Å². The summed E-state index contributed by atoms with van der Waals surface area (Å²) in [6.45, 7) is -1.70. The van der Waals surface area contributed by atoms with Gasteiger partial charge in [-0.25, -0.2) is 0 Å². The van der Waals surface area contributed by atoms with Crippen LogP contribution in [0.4, 0.5) is 0 Å². The van der Waals surface area contributed by atoms with Crippen LogP contribution in [0.5, 0.6) is 0 Å². The Morgan fingerprint density at radius 1 is 0.739 bits per heavy atom. The second-order valence-corrected chi connectivity index (χ2v) is 5.77. The zero-order chi connectivity index (χ0) is 17.5. The average molecular weight is 342 g/mol. The second-order valence-electron chi connectivity index (χ2n) is 5.77. The highest BCUT2D eigenvalue weighted by atomic mass is 16.6. The summed E-state index contributed by atoms with van der Waals surface area (Å²) in [6.07, 6.45) is -16.4. The Labute approximate surface area is 130 Å². The van der Waals surface area contributed by atoms with Gasteiger partial charge in [0, 0.05) is 0 Å². The minimum absolute atomic E-state index is 0.774. The van der Waals surface area contributed by atoms with Crippen molar-refractivity contribution in [2.24, 2.45) is 0 Å². The molecule has 23 heavy (non-hydrogen) atoms. The Balaban J connectivity index is 2.38. The van der Waals surface area contributed by atoms with Crippen LogP contribution < -0.4 is 0 Å². The van der Waals surface area contributed by atoms with Crippen LogP contribution in [0, 0.1) is 0 Å². The van der Waals surface area contributed by atoms with Crippen LogP contribution in [0.15, 0.2) is 0 Å². The third kappa shape index (κ3) is 2.88. The van der Waals surface area contributed by atoms with Crippen molar-refractivity contribution in [2.45, 2.75) is 60.7 Å². The molecular formula is C12H22O11. The molecule has 11 nitrogen and oxygen atoms in total. The molecule has 2 rings (SSSR count). The van der Waals surface area contributed by atoms with Crippen molar-refractivity contribution in [2.75, 3.05) is 13.2 Å². The SMILES string of the molecule is OC[C@H]1OC([C@@]2(O)[C@H](O)[C@@H](O)[C@H](O)O[C@@H]2CO)[C@H](O)[C@@H](O)[C@@H]1O. The summed E-state index contributed by atoms with van der Waals surface area (Å²) in [5, 5.41) is 88.0. The zero-order valence-electron chi connectivity index (χ0n) is 12.0. The van der Waals surface area contributed by atoms with Crippen molar-refractivity contribution in [1.82, 2.24) is 0 Å². The van der Waals surface area contributed by atoms with Crippen LogP contribution in [0.2, 0.25) is 0 Å². The molecule has 1 unspecified atom stereocenters. The first kappa shape index (κ1) is 18.9. The van der Waals surface area contributed by atoms with E-state index in [0.29, 0.717) is 0 Å². The Morgan fingerprint density at radius 2 is 1.35 bits per heavy atom. The van der Waals surface area contributed by atoms with Crippen LogP contribution in [0.25, 0.3) is 0 Å². The Kier molecular flexibility index (Phi) is 5.60. The van der Waals surface area contributed by atoms with Gasteiger partial charge in [0.05, 0.1) is 13.2 Å². The molecule has 0 radical (unpaired) electrons. The van der Waals surface area contributed by atoms with E-state index in [1.54, 1.807) is 0 Å². The molecule has 11 heteroatoms. The van der Waals surface area contributed by atoms with E-state index < -0.39 is 73.9 Å². The molecule has 0 bridgehead atoms. The number of hydrogen-bond acceptors (Lipinski definition) is 11. The Bertz CT molecular complexity index is 402. The minimum atomic E-state index is -2.64. The Hall–Kier alpha value is -0.440. The summed E-state index contributed by atoms with van der Waals surface area (Å²) >= 11 is 0. The molecule has 2 fully saturated rings. The van der Waals surface area contributed by atoms with E-state index in [4.69, 9.17) is 14.6 Å². The monoisotopic (exact) mass is 342 g/mol. The van der Waals surface area contributed by atoms with Gasteiger partial charge in [0.2, 0.25) is 0 Å². The van der Waals surface area contributed by atoms with Crippen molar-refractivity contribution in [3.8, 4) is 0 Å². The first-order chi connectivity index (χ1) is 10.7. The van der Waals surface area contributed by atoms with Gasteiger partial charge >= 0.3 is 0 Å². The van der Waals surface area contributed by atoms with Crippen LogP contribution in [0.3, 0.4) is 0 Å². The normalized spacial score (nSPS) is 54.9. The van der Waals surface area contributed by atoms with Gasteiger partial charge in [-0.15, -0.1) is 0 Å². The van der Waals surface area contributed by atoms with Gasteiger partial charge in [-0.05, 0) is 0 Å². The zero-order valence-corrected chi connectivity index (χ0v) is 12.0. The average Bonchev–Trinajstić information content (AvgIpc) is 2.54. The third-order valence-electron chi connectivity index (χ3n) is 4.42. The minimum Gasteiger partial charge on any atom is -0.394 e. The van der Waals surface area contributed by atoms with Crippen LogP contribution in [-0.4, -0.2) is 120 Å². The number of aliphatic hydroxyl groups excluding tert-OH is 8. The molecule has 0 amide bonds. The van der Waals surface area contributed by atoms with Crippen molar-refractivity contribution < 1.29 is 55.4 Å². The molecule has 0 aliphatic carbocycles. The predicted molar refractivity (Wildman–Crippen MR) is 68.7 cm³/mol. The van der Waals surface area contributed by atoms with Gasteiger partial charge in [0.15, 0.2) is 11.9 Å². The fourth-order valence-corrected chi connectivity index (χ4v) is 3.00. The summed E-state index contributed by atoms with van der Waals surface area (Å²) in [7, 11) is 0. The molecule has 0 aromatic carbocycles. The number of rotatable bonds is 3. The van der Waals surface area contributed by atoms with E-state index in [9.17, 15) is 40.9 Å². The topological polar surface area (TPSA) is 201 Å². The van der Waals surface area contributed by atoms with Gasteiger partial charge in [0.25, 0.3) is 0 Å². The van der Waals surface area contributed by atoms with Crippen molar-refractivity contribution >= 4 is 0 Å². The number of ether oxygens (including phenoxy) is 2. The van der Waals surface area contributed by atoms with E-state index >= 15 is 0 Å². The van der Waals surface area contributed by atoms with Gasteiger partial charge in [-0.2, -0.15) is 0 Å². The highest BCUT2D eigenvalue weighted by Crippen LogP contribution is 2.38. The molecule has 2 heterocycles. The molecule has 0 saturated carbocycles. The highest BCUT2D eigenvalue weighted by molar-refractivity contribution is 5.11. The predicted octanol–water partition coefficient (Wildman–Crippen LogP) is -6.01. The van der Waals surface area contributed by atoms with E-state index in [1.165, 1.54) is 0 Å². The van der Waals surface area contributed by atoms with Crippen molar-refractivity contribution in [3.63, 3.8) is 0 Å². The van der Waals surface area contributed by atoms with Crippen LogP contribution in [-0.2, 0) is 9.47 Å². The third-order valence-corrected chi connectivity index (χ3v) is 4.42. The standard InChI is InChI=1S/C12H22O11/c13-1-3-5(15)6(16)7(17)10(22-3)12(21)4(2-14)23-11(20)8(18)9(12)19/h3-11,13-21H,1-2H2/t3-,4-,5-,6+,7-,8-,9-,10?,11-,12+/m1/s1. The fraction of sp³-hybridized carbons (Fsp3) is 1.00. The van der Waals surface area contributed by atoms with Gasteiger partial charge in [-0.1, -0.05) is 0 Å². The molecular weight excluding hydrogens is 320 g/mol.